The van der Waals surface area contributed by atoms with Gasteiger partial charge in [-0.2, -0.15) is 0 Å². The Morgan fingerprint density at radius 1 is 1.04 bits per heavy atom. The number of likely N-dealkylation sites (tertiary alicyclic amines) is 1. The molecule has 120 valence electrons. The second-order valence-electron chi connectivity index (χ2n) is 6.17. The summed E-state index contributed by atoms with van der Waals surface area (Å²) in [7, 11) is 0. The van der Waals surface area contributed by atoms with Gasteiger partial charge in [0.25, 0.3) is 0 Å². The summed E-state index contributed by atoms with van der Waals surface area (Å²) < 4.78 is 0. The van der Waals surface area contributed by atoms with Crippen molar-refractivity contribution in [2.75, 3.05) is 0 Å². The molecule has 2 aromatic rings. The highest BCUT2D eigenvalue weighted by Crippen LogP contribution is 2.30. The minimum absolute atomic E-state index is 0.00358. The number of nitrogens with zero attached hydrogens (tertiary/aromatic N) is 1. The number of carbonyl (C=O) groups excluding carboxylic acids is 1. The highest BCUT2D eigenvalue weighted by Gasteiger charge is 2.41. The summed E-state index contributed by atoms with van der Waals surface area (Å²) in [5.41, 5.74) is 2.41. The van der Waals surface area contributed by atoms with E-state index < -0.39 is 0 Å². The van der Waals surface area contributed by atoms with Crippen LogP contribution in [-0.2, 0) is 17.9 Å². The van der Waals surface area contributed by atoms with Gasteiger partial charge in [0.05, 0.1) is 6.04 Å². The molecule has 1 amide bonds. The molecule has 0 radical (unpaired) electrons. The number of hydrogen-bond donors (Lipinski definition) is 1. The minimum Gasteiger partial charge on any atom is -0.351 e. The second kappa shape index (κ2) is 7.42. The molecule has 2 unspecified atom stereocenters. The van der Waals surface area contributed by atoms with E-state index in [2.05, 4.69) is 41.4 Å². The van der Waals surface area contributed by atoms with Crippen molar-refractivity contribution in [1.29, 1.82) is 0 Å². The zero-order valence-electron chi connectivity index (χ0n) is 13.6. The van der Waals surface area contributed by atoms with Crippen molar-refractivity contribution >= 4 is 5.91 Å². The van der Waals surface area contributed by atoms with Crippen LogP contribution in [-0.4, -0.2) is 22.9 Å². The maximum absolute atomic E-state index is 12.5. The van der Waals surface area contributed by atoms with Gasteiger partial charge in [0, 0.05) is 19.1 Å². The fraction of sp³-hybridized carbons (Fsp3) is 0.350. The van der Waals surface area contributed by atoms with Crippen LogP contribution in [0.2, 0.25) is 0 Å². The molecule has 1 aliphatic rings. The number of benzene rings is 2. The van der Waals surface area contributed by atoms with Crippen LogP contribution >= 0.6 is 0 Å². The molecule has 1 heterocycles. The molecule has 3 heteroatoms. The van der Waals surface area contributed by atoms with Gasteiger partial charge in [-0.1, -0.05) is 67.6 Å². The van der Waals surface area contributed by atoms with Crippen LogP contribution in [0.25, 0.3) is 0 Å². The number of nitrogens with one attached hydrogen (secondary N) is 1. The van der Waals surface area contributed by atoms with Gasteiger partial charge in [-0.05, 0) is 24.0 Å². The Balaban J connectivity index is 1.58. The van der Waals surface area contributed by atoms with Gasteiger partial charge >= 0.3 is 0 Å². The lowest BCUT2D eigenvalue weighted by Crippen LogP contribution is -2.61. The standard InChI is InChI=1S/C20H24N2O/c1-2-18-13-19(22(18)15-17-11-7-4-8-12-17)20(23)21-14-16-9-5-3-6-10-16/h3-12,18-19H,2,13-15H2,1H3,(H,21,23). The van der Waals surface area contributed by atoms with Gasteiger partial charge in [0.15, 0.2) is 0 Å². The van der Waals surface area contributed by atoms with Crippen LogP contribution in [0.15, 0.2) is 60.7 Å². The predicted octanol–water partition coefficient (Wildman–Crippen LogP) is 3.36. The zero-order valence-corrected chi connectivity index (χ0v) is 13.6. The highest BCUT2D eigenvalue weighted by molar-refractivity contribution is 5.82. The molecule has 1 fully saturated rings. The van der Waals surface area contributed by atoms with E-state index in [0.717, 1.165) is 24.9 Å². The monoisotopic (exact) mass is 308 g/mol. The van der Waals surface area contributed by atoms with Crippen LogP contribution in [0.4, 0.5) is 0 Å². The lowest BCUT2D eigenvalue weighted by atomic mass is 9.89. The first kappa shape index (κ1) is 15.8. The Morgan fingerprint density at radius 3 is 2.26 bits per heavy atom. The Morgan fingerprint density at radius 2 is 1.65 bits per heavy atom. The molecule has 0 spiro atoms. The van der Waals surface area contributed by atoms with E-state index in [1.165, 1.54) is 5.56 Å². The van der Waals surface area contributed by atoms with E-state index in [4.69, 9.17) is 0 Å². The largest absolute Gasteiger partial charge is 0.351 e. The molecular weight excluding hydrogens is 284 g/mol. The molecule has 23 heavy (non-hydrogen) atoms. The molecule has 1 aliphatic heterocycles. The Hall–Kier alpha value is -2.13. The number of hydrogen-bond acceptors (Lipinski definition) is 2. The second-order valence-corrected chi connectivity index (χ2v) is 6.17. The van der Waals surface area contributed by atoms with Crippen LogP contribution in [0.5, 0.6) is 0 Å². The maximum atomic E-state index is 12.5. The minimum atomic E-state index is 0.00358. The third-order valence-electron chi connectivity index (χ3n) is 4.66. The molecule has 3 rings (SSSR count). The molecule has 3 nitrogen and oxygen atoms in total. The first-order chi connectivity index (χ1) is 11.3. The average Bonchev–Trinajstić information content (AvgIpc) is 2.59. The van der Waals surface area contributed by atoms with Gasteiger partial charge < -0.3 is 5.32 Å². The summed E-state index contributed by atoms with van der Waals surface area (Å²) in [5, 5.41) is 3.08. The smallest absolute Gasteiger partial charge is 0.237 e. The Kier molecular flexibility index (Phi) is 5.09. The summed E-state index contributed by atoms with van der Waals surface area (Å²) in [6.07, 6.45) is 2.05. The van der Waals surface area contributed by atoms with Crippen LogP contribution in [0.1, 0.15) is 30.9 Å². The third kappa shape index (κ3) is 3.80. The van der Waals surface area contributed by atoms with E-state index in [1.807, 2.05) is 36.4 Å². The van der Waals surface area contributed by atoms with Crippen LogP contribution < -0.4 is 5.32 Å². The summed E-state index contributed by atoms with van der Waals surface area (Å²) in [6.45, 7) is 3.65. The van der Waals surface area contributed by atoms with E-state index in [0.29, 0.717) is 12.6 Å². The van der Waals surface area contributed by atoms with E-state index in [9.17, 15) is 4.79 Å². The quantitative estimate of drug-likeness (QED) is 0.887. The van der Waals surface area contributed by atoms with Crippen molar-refractivity contribution < 1.29 is 4.79 Å². The Labute approximate surface area is 138 Å². The molecule has 0 saturated carbocycles. The molecule has 2 aromatic carbocycles. The summed E-state index contributed by atoms with van der Waals surface area (Å²) in [5.74, 6) is 0.148. The molecule has 2 atom stereocenters. The first-order valence-corrected chi connectivity index (χ1v) is 8.39. The van der Waals surface area contributed by atoms with Crippen molar-refractivity contribution in [2.24, 2.45) is 0 Å². The van der Waals surface area contributed by atoms with Crippen molar-refractivity contribution in [3.05, 3.63) is 71.8 Å². The molecule has 0 aliphatic carbocycles. The van der Waals surface area contributed by atoms with Gasteiger partial charge in [-0.15, -0.1) is 0 Å². The summed E-state index contributed by atoms with van der Waals surface area (Å²) >= 11 is 0. The van der Waals surface area contributed by atoms with E-state index in [-0.39, 0.29) is 11.9 Å². The number of carbonyl (C=O) groups is 1. The summed E-state index contributed by atoms with van der Waals surface area (Å²) in [4.78, 5) is 14.8. The van der Waals surface area contributed by atoms with Crippen molar-refractivity contribution in [3.63, 3.8) is 0 Å². The normalized spacial score (nSPS) is 20.7. The molecule has 1 N–H and O–H groups in total. The maximum Gasteiger partial charge on any atom is 0.237 e. The lowest BCUT2D eigenvalue weighted by Gasteiger charge is -2.47. The van der Waals surface area contributed by atoms with Gasteiger partial charge in [-0.25, -0.2) is 0 Å². The Bertz CT molecular complexity index is 627. The van der Waals surface area contributed by atoms with Crippen LogP contribution in [0.3, 0.4) is 0 Å². The van der Waals surface area contributed by atoms with Crippen molar-refractivity contribution in [3.8, 4) is 0 Å². The van der Waals surface area contributed by atoms with Gasteiger partial charge in [-0.3, -0.25) is 9.69 Å². The van der Waals surface area contributed by atoms with Gasteiger partial charge in [0.2, 0.25) is 5.91 Å². The fourth-order valence-electron chi connectivity index (χ4n) is 3.24. The third-order valence-corrected chi connectivity index (χ3v) is 4.66. The van der Waals surface area contributed by atoms with E-state index in [1.54, 1.807) is 0 Å². The summed E-state index contributed by atoms with van der Waals surface area (Å²) in [6, 6.07) is 21.0. The predicted molar refractivity (Wildman–Crippen MR) is 92.8 cm³/mol. The lowest BCUT2D eigenvalue weighted by molar-refractivity contribution is -0.135. The number of amides is 1. The molecule has 0 bridgehead atoms. The van der Waals surface area contributed by atoms with Crippen molar-refractivity contribution in [1.82, 2.24) is 10.2 Å². The van der Waals surface area contributed by atoms with Crippen molar-refractivity contribution in [2.45, 2.75) is 44.9 Å². The first-order valence-electron chi connectivity index (χ1n) is 8.39. The average molecular weight is 308 g/mol. The SMILES string of the molecule is CCC1CC(C(=O)NCc2ccccc2)N1Cc1ccccc1. The molecule has 0 aromatic heterocycles. The van der Waals surface area contributed by atoms with Gasteiger partial charge in [0.1, 0.15) is 0 Å². The zero-order chi connectivity index (χ0) is 16.1. The molecular formula is C20H24N2O. The topological polar surface area (TPSA) is 32.3 Å². The fourth-order valence-corrected chi connectivity index (χ4v) is 3.24. The molecule has 1 saturated heterocycles. The number of rotatable bonds is 6. The van der Waals surface area contributed by atoms with E-state index >= 15 is 0 Å². The van der Waals surface area contributed by atoms with Crippen LogP contribution in [0, 0.1) is 0 Å². The highest BCUT2D eigenvalue weighted by atomic mass is 16.2.